The van der Waals surface area contributed by atoms with E-state index in [2.05, 4.69) is 9.88 Å². The maximum Gasteiger partial charge on any atom is 0.312 e. The molecule has 0 atom stereocenters. The summed E-state index contributed by atoms with van der Waals surface area (Å²) in [5, 5.41) is 0.925. The number of amides is 1. The lowest BCUT2D eigenvalue weighted by Gasteiger charge is -2.35. The van der Waals surface area contributed by atoms with Gasteiger partial charge in [0, 0.05) is 38.8 Å². The molecular weight excluding hydrogens is 436 g/mol. The van der Waals surface area contributed by atoms with Gasteiger partial charge in [0.15, 0.2) is 6.61 Å². The van der Waals surface area contributed by atoms with Crippen molar-refractivity contribution in [3.63, 3.8) is 0 Å². The molecule has 8 heteroatoms. The van der Waals surface area contributed by atoms with Crippen LogP contribution in [0.3, 0.4) is 0 Å². The molecule has 174 valence electrons. The van der Waals surface area contributed by atoms with E-state index in [0.29, 0.717) is 45.4 Å². The summed E-state index contributed by atoms with van der Waals surface area (Å²) < 4.78 is 6.70. The number of para-hydroxylation sites is 1. The number of nitrogens with zero attached hydrogens (tertiary/aromatic N) is 4. The molecule has 0 aliphatic carbocycles. The number of esters is 1. The van der Waals surface area contributed by atoms with Crippen molar-refractivity contribution in [3.8, 4) is 0 Å². The van der Waals surface area contributed by atoms with Crippen LogP contribution in [0.5, 0.6) is 0 Å². The number of carbonyl (C=O) groups excluding carboxylic acids is 2. The SMILES string of the molecule is CCC(CC)(Cc1nc2ccccc2s1)C(=O)OCC(=O)N1CCN(c2ccccn2)CC1. The van der Waals surface area contributed by atoms with Crippen LogP contribution in [0.1, 0.15) is 31.7 Å². The topological polar surface area (TPSA) is 75.6 Å². The third-order valence-corrected chi connectivity index (χ3v) is 7.58. The largest absolute Gasteiger partial charge is 0.455 e. The van der Waals surface area contributed by atoms with Crippen LogP contribution >= 0.6 is 11.3 Å². The lowest BCUT2D eigenvalue weighted by molar-refractivity contribution is -0.162. The summed E-state index contributed by atoms with van der Waals surface area (Å²) in [6, 6.07) is 13.8. The van der Waals surface area contributed by atoms with Gasteiger partial charge >= 0.3 is 5.97 Å². The van der Waals surface area contributed by atoms with Gasteiger partial charge in [0.05, 0.1) is 20.6 Å². The van der Waals surface area contributed by atoms with Gasteiger partial charge in [0.2, 0.25) is 0 Å². The summed E-state index contributed by atoms with van der Waals surface area (Å²) in [4.78, 5) is 38.9. The van der Waals surface area contributed by atoms with Gasteiger partial charge in [-0.2, -0.15) is 0 Å². The van der Waals surface area contributed by atoms with Crippen molar-refractivity contribution >= 4 is 39.2 Å². The van der Waals surface area contributed by atoms with E-state index in [4.69, 9.17) is 9.72 Å². The second kappa shape index (κ2) is 10.3. The molecule has 0 saturated carbocycles. The summed E-state index contributed by atoms with van der Waals surface area (Å²) in [6.07, 6.45) is 3.56. The van der Waals surface area contributed by atoms with E-state index in [1.807, 2.05) is 56.3 Å². The summed E-state index contributed by atoms with van der Waals surface area (Å²) in [7, 11) is 0. The molecule has 0 radical (unpaired) electrons. The molecule has 3 heterocycles. The molecule has 33 heavy (non-hydrogen) atoms. The van der Waals surface area contributed by atoms with Crippen molar-refractivity contribution in [1.29, 1.82) is 0 Å². The second-order valence-electron chi connectivity index (χ2n) is 8.37. The molecule has 1 fully saturated rings. The third-order valence-electron chi connectivity index (χ3n) is 6.55. The number of carbonyl (C=O) groups is 2. The molecule has 1 amide bonds. The molecule has 3 aromatic rings. The number of pyridine rings is 1. The Balaban J connectivity index is 1.33. The Morgan fingerprint density at radius 1 is 1.03 bits per heavy atom. The maximum absolute atomic E-state index is 13.1. The fraction of sp³-hybridized carbons (Fsp3) is 0.440. The zero-order chi connectivity index (χ0) is 23.3. The minimum Gasteiger partial charge on any atom is -0.455 e. The van der Waals surface area contributed by atoms with Crippen molar-refractivity contribution in [2.24, 2.45) is 5.41 Å². The molecule has 0 unspecified atom stereocenters. The highest BCUT2D eigenvalue weighted by atomic mass is 32.1. The third kappa shape index (κ3) is 5.16. The normalized spacial score (nSPS) is 14.5. The van der Waals surface area contributed by atoms with Crippen LogP contribution in [0.2, 0.25) is 0 Å². The van der Waals surface area contributed by atoms with Crippen molar-refractivity contribution in [2.45, 2.75) is 33.1 Å². The monoisotopic (exact) mass is 466 g/mol. The molecule has 2 aromatic heterocycles. The van der Waals surface area contributed by atoms with Crippen molar-refractivity contribution in [3.05, 3.63) is 53.7 Å². The number of aromatic nitrogens is 2. The number of thiazole rings is 1. The van der Waals surface area contributed by atoms with Gasteiger partial charge in [-0.15, -0.1) is 11.3 Å². The van der Waals surface area contributed by atoms with Gasteiger partial charge < -0.3 is 14.5 Å². The standard InChI is InChI=1S/C25H30N4O3S/c1-3-25(4-2,17-22-27-19-9-5-6-10-20(19)33-22)24(31)32-18-23(30)29-15-13-28(14-16-29)21-11-7-8-12-26-21/h5-12H,3-4,13-18H2,1-2H3. The molecule has 1 aliphatic rings. The first-order valence-electron chi connectivity index (χ1n) is 11.5. The quantitative estimate of drug-likeness (QED) is 0.468. The first kappa shape index (κ1) is 23.2. The Hall–Kier alpha value is -3.00. The summed E-state index contributed by atoms with van der Waals surface area (Å²) in [5.74, 6) is 0.457. The molecule has 0 spiro atoms. The highest BCUT2D eigenvalue weighted by Gasteiger charge is 2.38. The number of piperazine rings is 1. The van der Waals surface area contributed by atoms with E-state index < -0.39 is 5.41 Å². The first-order valence-corrected chi connectivity index (χ1v) is 12.3. The average Bonchev–Trinajstić information content (AvgIpc) is 3.28. The smallest absolute Gasteiger partial charge is 0.312 e. The van der Waals surface area contributed by atoms with E-state index in [1.165, 1.54) is 0 Å². The molecule has 1 aliphatic heterocycles. The van der Waals surface area contributed by atoms with Gasteiger partial charge in [-0.3, -0.25) is 9.59 Å². The molecule has 4 rings (SSSR count). The number of rotatable bonds is 8. The number of ether oxygens (including phenoxy) is 1. The minimum absolute atomic E-state index is 0.148. The Morgan fingerprint density at radius 2 is 1.76 bits per heavy atom. The molecule has 0 bridgehead atoms. The maximum atomic E-state index is 13.1. The Morgan fingerprint density at radius 3 is 2.42 bits per heavy atom. The predicted octanol–water partition coefficient (Wildman–Crippen LogP) is 3.93. The predicted molar refractivity (Wildman–Crippen MR) is 130 cm³/mol. The van der Waals surface area contributed by atoms with Crippen molar-refractivity contribution in [1.82, 2.24) is 14.9 Å². The molecule has 1 aromatic carbocycles. The van der Waals surface area contributed by atoms with Gasteiger partial charge in [0.1, 0.15) is 5.82 Å². The lowest BCUT2D eigenvalue weighted by Crippen LogP contribution is -2.50. The fourth-order valence-corrected chi connectivity index (χ4v) is 5.35. The van der Waals surface area contributed by atoms with Crippen LogP contribution in [0, 0.1) is 5.41 Å². The summed E-state index contributed by atoms with van der Waals surface area (Å²) in [5.41, 5.74) is 0.276. The number of hydrogen-bond acceptors (Lipinski definition) is 7. The van der Waals surface area contributed by atoms with E-state index in [9.17, 15) is 9.59 Å². The van der Waals surface area contributed by atoms with E-state index >= 15 is 0 Å². The molecule has 0 N–H and O–H groups in total. The van der Waals surface area contributed by atoms with Crippen molar-refractivity contribution < 1.29 is 14.3 Å². The molecule has 7 nitrogen and oxygen atoms in total. The second-order valence-corrected chi connectivity index (χ2v) is 9.49. The van der Waals surface area contributed by atoms with Gasteiger partial charge in [-0.25, -0.2) is 9.97 Å². The van der Waals surface area contributed by atoms with Crippen molar-refractivity contribution in [2.75, 3.05) is 37.7 Å². The van der Waals surface area contributed by atoms with Gasteiger partial charge in [-0.05, 0) is 37.1 Å². The Labute approximate surface area is 198 Å². The van der Waals surface area contributed by atoms with Crippen LogP contribution in [-0.4, -0.2) is 59.5 Å². The van der Waals surface area contributed by atoms with E-state index in [1.54, 1.807) is 22.4 Å². The Bertz CT molecular complexity index is 1060. The summed E-state index contributed by atoms with van der Waals surface area (Å²) in [6.45, 7) is 6.37. The number of benzene rings is 1. The number of fused-ring (bicyclic) bond motifs is 1. The lowest BCUT2D eigenvalue weighted by atomic mass is 9.79. The van der Waals surface area contributed by atoms with Crippen LogP contribution in [0.15, 0.2) is 48.7 Å². The highest BCUT2D eigenvalue weighted by Crippen LogP contribution is 2.35. The zero-order valence-corrected chi connectivity index (χ0v) is 20.0. The van der Waals surface area contributed by atoms with Crippen LogP contribution in [0.4, 0.5) is 5.82 Å². The summed E-state index contributed by atoms with van der Waals surface area (Å²) >= 11 is 1.61. The van der Waals surface area contributed by atoms with E-state index in [-0.39, 0.29) is 18.5 Å². The number of anilines is 1. The zero-order valence-electron chi connectivity index (χ0n) is 19.2. The van der Waals surface area contributed by atoms with Gasteiger partial charge in [-0.1, -0.05) is 32.0 Å². The molecular formula is C25H30N4O3S. The van der Waals surface area contributed by atoms with Crippen LogP contribution in [-0.2, 0) is 20.7 Å². The van der Waals surface area contributed by atoms with E-state index in [0.717, 1.165) is 21.0 Å². The fourth-order valence-electron chi connectivity index (χ4n) is 4.24. The molecule has 1 saturated heterocycles. The minimum atomic E-state index is -0.675. The number of hydrogen-bond donors (Lipinski definition) is 0. The van der Waals surface area contributed by atoms with Crippen LogP contribution in [0.25, 0.3) is 10.2 Å². The van der Waals surface area contributed by atoms with Gasteiger partial charge in [0.25, 0.3) is 5.91 Å². The Kier molecular flexibility index (Phi) is 7.23. The average molecular weight is 467 g/mol. The highest BCUT2D eigenvalue weighted by molar-refractivity contribution is 7.18. The van der Waals surface area contributed by atoms with Crippen LogP contribution < -0.4 is 4.90 Å². The first-order chi connectivity index (χ1) is 16.0.